The van der Waals surface area contributed by atoms with E-state index in [1.807, 2.05) is 7.05 Å². The number of ether oxygens (including phenoxy) is 1. The fourth-order valence-electron chi connectivity index (χ4n) is 2.07. The Balaban J connectivity index is 1.97. The molecular formula is C11H20N4OS. The summed E-state index contributed by atoms with van der Waals surface area (Å²) in [5.74, 6) is 0. The van der Waals surface area contributed by atoms with Gasteiger partial charge in [0.25, 0.3) is 0 Å². The van der Waals surface area contributed by atoms with E-state index in [2.05, 4.69) is 26.7 Å². The van der Waals surface area contributed by atoms with Crippen molar-refractivity contribution in [1.82, 2.24) is 14.5 Å². The van der Waals surface area contributed by atoms with Crippen molar-refractivity contribution in [3.05, 3.63) is 5.69 Å². The third kappa shape index (κ3) is 3.37. The Hall–Kier alpha value is -0.720. The molecule has 1 N–H and O–H groups in total. The highest BCUT2D eigenvalue weighted by Gasteiger charge is 2.19. The second kappa shape index (κ2) is 6.28. The molecule has 0 amide bonds. The molecule has 0 bridgehead atoms. The molecule has 0 radical (unpaired) electrons. The van der Waals surface area contributed by atoms with Gasteiger partial charge in [-0.2, -0.15) is 0 Å². The lowest BCUT2D eigenvalue weighted by molar-refractivity contribution is 0.0509. The fourth-order valence-corrected chi connectivity index (χ4v) is 2.60. The molecule has 1 aliphatic heterocycles. The molecule has 1 aliphatic rings. The quantitative estimate of drug-likeness (QED) is 0.886. The second-order valence-corrected chi connectivity index (χ2v) is 5.04. The number of nitrogens with one attached hydrogen (secondary N) is 1. The van der Waals surface area contributed by atoms with Crippen LogP contribution in [0.15, 0.2) is 0 Å². The Morgan fingerprint density at radius 2 is 2.47 bits per heavy atom. The van der Waals surface area contributed by atoms with Crippen LogP contribution < -0.4 is 5.32 Å². The maximum atomic E-state index is 5.77. The molecule has 17 heavy (non-hydrogen) atoms. The van der Waals surface area contributed by atoms with E-state index in [0.29, 0.717) is 6.10 Å². The molecule has 5 nitrogen and oxygen atoms in total. The number of aromatic nitrogens is 2. The number of hydrogen-bond donors (Lipinski definition) is 1. The van der Waals surface area contributed by atoms with Crippen LogP contribution in [-0.2, 0) is 11.3 Å². The van der Waals surface area contributed by atoms with Crippen LogP contribution in [-0.4, -0.2) is 47.3 Å². The van der Waals surface area contributed by atoms with Crippen molar-refractivity contribution in [1.29, 1.82) is 0 Å². The van der Waals surface area contributed by atoms with Gasteiger partial charge >= 0.3 is 0 Å². The van der Waals surface area contributed by atoms with Gasteiger partial charge in [0.15, 0.2) is 0 Å². The summed E-state index contributed by atoms with van der Waals surface area (Å²) in [6, 6.07) is 0. The van der Waals surface area contributed by atoms with Gasteiger partial charge in [0.1, 0.15) is 10.7 Å². The van der Waals surface area contributed by atoms with E-state index < -0.39 is 0 Å². The van der Waals surface area contributed by atoms with Gasteiger partial charge < -0.3 is 10.1 Å². The summed E-state index contributed by atoms with van der Waals surface area (Å²) in [4.78, 5) is 2.42. The molecule has 0 spiro atoms. The average Bonchev–Trinajstić information content (AvgIpc) is 2.66. The number of nitrogens with zero attached hydrogens (tertiary/aromatic N) is 3. The summed E-state index contributed by atoms with van der Waals surface area (Å²) < 4.78 is 9.76. The molecular weight excluding hydrogens is 236 g/mol. The lowest BCUT2D eigenvalue weighted by Crippen LogP contribution is -2.31. The third-order valence-corrected chi connectivity index (χ3v) is 3.83. The van der Waals surface area contributed by atoms with Crippen LogP contribution in [0.5, 0.6) is 0 Å². The number of rotatable bonds is 4. The number of hydrogen-bond acceptors (Lipinski definition) is 6. The van der Waals surface area contributed by atoms with Gasteiger partial charge in [-0.05, 0) is 12.8 Å². The van der Waals surface area contributed by atoms with Crippen LogP contribution in [0.3, 0.4) is 0 Å². The smallest absolute Gasteiger partial charge is 0.134 e. The highest BCUT2D eigenvalue weighted by Crippen LogP contribution is 2.20. The zero-order valence-corrected chi connectivity index (χ0v) is 11.3. The number of anilines is 1. The first-order valence-corrected chi connectivity index (χ1v) is 6.93. The molecule has 1 aromatic rings. The van der Waals surface area contributed by atoms with E-state index in [9.17, 15) is 0 Å². The van der Waals surface area contributed by atoms with Gasteiger partial charge in [-0.15, -0.1) is 5.10 Å². The van der Waals surface area contributed by atoms with Crippen molar-refractivity contribution in [3.8, 4) is 0 Å². The predicted octanol–water partition coefficient (Wildman–Crippen LogP) is 1.58. The first-order valence-electron chi connectivity index (χ1n) is 6.16. The summed E-state index contributed by atoms with van der Waals surface area (Å²) in [5, 5.41) is 8.40. The van der Waals surface area contributed by atoms with Crippen molar-refractivity contribution < 1.29 is 4.74 Å². The monoisotopic (exact) mass is 256 g/mol. The molecule has 2 rings (SSSR count). The molecule has 6 heteroatoms. The fraction of sp³-hybridized carbons (Fsp3) is 0.818. The average molecular weight is 256 g/mol. The van der Waals surface area contributed by atoms with Crippen LogP contribution in [0.2, 0.25) is 0 Å². The second-order valence-electron chi connectivity index (χ2n) is 4.29. The van der Waals surface area contributed by atoms with Crippen molar-refractivity contribution in [3.63, 3.8) is 0 Å². The van der Waals surface area contributed by atoms with Gasteiger partial charge in [0.2, 0.25) is 0 Å². The third-order valence-electron chi connectivity index (χ3n) is 3.05. The minimum absolute atomic E-state index is 0.363. The molecule has 0 aliphatic carbocycles. The molecule has 1 unspecified atom stereocenters. The van der Waals surface area contributed by atoms with E-state index in [0.717, 1.165) is 49.8 Å². The molecule has 2 heterocycles. The minimum atomic E-state index is 0.363. The van der Waals surface area contributed by atoms with Crippen molar-refractivity contribution in [2.24, 2.45) is 0 Å². The van der Waals surface area contributed by atoms with Crippen LogP contribution in [0.1, 0.15) is 25.5 Å². The zero-order valence-electron chi connectivity index (χ0n) is 10.5. The van der Waals surface area contributed by atoms with Gasteiger partial charge in [0.05, 0.1) is 6.10 Å². The summed E-state index contributed by atoms with van der Waals surface area (Å²) in [6.45, 7) is 6.00. The van der Waals surface area contributed by atoms with Gasteiger partial charge in [0, 0.05) is 44.8 Å². The first-order chi connectivity index (χ1) is 8.33. The summed E-state index contributed by atoms with van der Waals surface area (Å²) in [7, 11) is 1.92. The maximum absolute atomic E-state index is 5.77. The standard InChI is InChI=1S/C11H20N4OS/c1-3-9-7-15(5-4-6-16-9)8-10-11(12-2)17-14-13-10/h9,12H,3-8H2,1-2H3. The van der Waals surface area contributed by atoms with Crippen molar-refractivity contribution >= 4 is 16.5 Å². The van der Waals surface area contributed by atoms with E-state index in [1.165, 1.54) is 11.5 Å². The van der Waals surface area contributed by atoms with Crippen LogP contribution in [0, 0.1) is 0 Å². The van der Waals surface area contributed by atoms with Crippen molar-refractivity contribution in [2.75, 3.05) is 32.1 Å². The van der Waals surface area contributed by atoms with Crippen molar-refractivity contribution in [2.45, 2.75) is 32.4 Å². The Morgan fingerprint density at radius 1 is 1.59 bits per heavy atom. The summed E-state index contributed by atoms with van der Waals surface area (Å²) >= 11 is 1.42. The highest BCUT2D eigenvalue weighted by atomic mass is 32.1. The van der Waals surface area contributed by atoms with Gasteiger partial charge in [-0.25, -0.2) is 0 Å². The SMILES string of the molecule is CCC1CN(Cc2nnsc2NC)CCCO1. The normalized spacial score (nSPS) is 22.4. The Morgan fingerprint density at radius 3 is 3.24 bits per heavy atom. The summed E-state index contributed by atoms with van der Waals surface area (Å²) in [6.07, 6.45) is 2.54. The van der Waals surface area contributed by atoms with E-state index in [4.69, 9.17) is 4.74 Å². The highest BCUT2D eigenvalue weighted by molar-refractivity contribution is 7.10. The zero-order chi connectivity index (χ0) is 12.1. The van der Waals surface area contributed by atoms with Crippen LogP contribution in [0.4, 0.5) is 5.00 Å². The van der Waals surface area contributed by atoms with E-state index >= 15 is 0 Å². The minimum Gasteiger partial charge on any atom is -0.377 e. The van der Waals surface area contributed by atoms with E-state index in [1.54, 1.807) is 0 Å². The van der Waals surface area contributed by atoms with Gasteiger partial charge in [-0.3, -0.25) is 4.90 Å². The largest absolute Gasteiger partial charge is 0.377 e. The predicted molar refractivity (Wildman–Crippen MR) is 69.4 cm³/mol. The van der Waals surface area contributed by atoms with Crippen LogP contribution >= 0.6 is 11.5 Å². The lowest BCUT2D eigenvalue weighted by atomic mass is 10.2. The van der Waals surface area contributed by atoms with Gasteiger partial charge in [-0.1, -0.05) is 11.4 Å². The Labute approximate surface area is 106 Å². The van der Waals surface area contributed by atoms with Crippen LogP contribution in [0.25, 0.3) is 0 Å². The topological polar surface area (TPSA) is 50.3 Å². The first kappa shape index (κ1) is 12.7. The molecule has 0 saturated carbocycles. The maximum Gasteiger partial charge on any atom is 0.134 e. The molecule has 96 valence electrons. The lowest BCUT2D eigenvalue weighted by Gasteiger charge is -2.22. The molecule has 1 saturated heterocycles. The molecule has 1 aromatic heterocycles. The molecule has 0 aromatic carbocycles. The molecule has 1 atom stereocenters. The Kier molecular flexibility index (Phi) is 4.70. The summed E-state index contributed by atoms with van der Waals surface area (Å²) in [5.41, 5.74) is 1.05. The van der Waals surface area contributed by atoms with E-state index in [-0.39, 0.29) is 0 Å². The molecule has 1 fully saturated rings. The Bertz CT molecular complexity index is 344.